The highest BCUT2D eigenvalue weighted by atomic mass is 32.1. The van der Waals surface area contributed by atoms with Crippen LogP contribution in [0, 0.1) is 12.3 Å². The van der Waals surface area contributed by atoms with E-state index in [1.165, 1.54) is 6.33 Å². The lowest BCUT2D eigenvalue weighted by molar-refractivity contribution is 0.0190. The number of anilines is 1. The van der Waals surface area contributed by atoms with E-state index in [1.54, 1.807) is 27.9 Å². The van der Waals surface area contributed by atoms with Crippen molar-refractivity contribution in [1.29, 1.82) is 0 Å². The minimum atomic E-state index is -0.859. The van der Waals surface area contributed by atoms with E-state index >= 15 is 0 Å². The Labute approximate surface area is 214 Å². The van der Waals surface area contributed by atoms with E-state index in [2.05, 4.69) is 54.8 Å². The molecule has 0 radical (unpaired) electrons. The molecule has 1 aliphatic heterocycles. The zero-order valence-electron chi connectivity index (χ0n) is 21.3. The summed E-state index contributed by atoms with van der Waals surface area (Å²) in [7, 11) is 1.70. The number of benzene rings is 1. The van der Waals surface area contributed by atoms with Crippen molar-refractivity contribution < 1.29 is 14.6 Å². The summed E-state index contributed by atoms with van der Waals surface area (Å²) in [6, 6.07) is 6.29. The standard InChI is InChI=1S/C26H32N6O3S/c1-15-8-16-10-19(36-23(16)18(9-15)35-5)21-17(12-32-22(21)24(27)28-14-29-32)11-30-6-7-31(25(33)34)20(13-30)26(2,3)4/h8-10,12,14,20H,6-7,11,13H2,1-5H3,(H,33,34)(H2,27,28,29). The number of carboxylic acid groups (broad SMARTS) is 1. The van der Waals surface area contributed by atoms with Crippen LogP contribution in [0.4, 0.5) is 10.6 Å². The maximum absolute atomic E-state index is 11.9. The summed E-state index contributed by atoms with van der Waals surface area (Å²) in [5.74, 6) is 1.28. The van der Waals surface area contributed by atoms with E-state index < -0.39 is 6.09 Å². The molecule has 4 heterocycles. The van der Waals surface area contributed by atoms with Crippen LogP contribution in [0.5, 0.6) is 5.75 Å². The van der Waals surface area contributed by atoms with Crippen molar-refractivity contribution in [3.05, 3.63) is 41.9 Å². The number of aromatic nitrogens is 3. The number of aryl methyl sites for hydroxylation is 1. The number of methoxy groups -OCH3 is 1. The molecule has 1 amide bonds. The van der Waals surface area contributed by atoms with Crippen LogP contribution in [0.2, 0.25) is 0 Å². The van der Waals surface area contributed by atoms with Gasteiger partial charge in [0.25, 0.3) is 0 Å². The van der Waals surface area contributed by atoms with Gasteiger partial charge in [-0.25, -0.2) is 14.3 Å². The van der Waals surface area contributed by atoms with Crippen LogP contribution in [0.1, 0.15) is 31.9 Å². The first kappa shape index (κ1) is 24.3. The SMILES string of the molecule is COc1cc(C)cc2cc(-c3c(CN4CCN(C(=O)O)C(C(C)(C)C)C4)cn4ncnc(N)c34)sc12. The van der Waals surface area contributed by atoms with Crippen LogP contribution in [-0.4, -0.2) is 68.4 Å². The molecule has 3 N–H and O–H groups in total. The predicted molar refractivity (Wildman–Crippen MR) is 143 cm³/mol. The van der Waals surface area contributed by atoms with Gasteiger partial charge in [0.15, 0.2) is 5.82 Å². The number of thiophene rings is 1. The molecule has 1 fully saturated rings. The Kier molecular flexibility index (Phi) is 6.04. The Morgan fingerprint density at radius 2 is 2.06 bits per heavy atom. The number of amides is 1. The number of nitrogens with two attached hydrogens (primary N) is 1. The van der Waals surface area contributed by atoms with Crippen molar-refractivity contribution in [3.63, 3.8) is 0 Å². The number of ether oxygens (including phenoxy) is 1. The quantitative estimate of drug-likeness (QED) is 0.410. The molecule has 1 aliphatic rings. The number of hydrogen-bond donors (Lipinski definition) is 2. The first-order valence-corrected chi connectivity index (χ1v) is 12.8. The highest BCUT2D eigenvalue weighted by Gasteiger charge is 2.38. The molecule has 9 nitrogen and oxygen atoms in total. The molecule has 4 aromatic rings. The van der Waals surface area contributed by atoms with Gasteiger partial charge >= 0.3 is 6.09 Å². The summed E-state index contributed by atoms with van der Waals surface area (Å²) >= 11 is 1.67. The Bertz CT molecular complexity index is 1450. The molecule has 10 heteroatoms. The van der Waals surface area contributed by atoms with Crippen LogP contribution < -0.4 is 10.5 Å². The highest BCUT2D eigenvalue weighted by Crippen LogP contribution is 2.43. The first-order chi connectivity index (χ1) is 17.1. The number of fused-ring (bicyclic) bond motifs is 2. The number of nitrogen functional groups attached to an aromatic ring is 1. The van der Waals surface area contributed by atoms with Gasteiger partial charge in [-0.1, -0.05) is 26.8 Å². The molecular formula is C26H32N6O3S. The lowest BCUT2D eigenvalue weighted by Gasteiger charge is -2.46. The first-order valence-electron chi connectivity index (χ1n) is 12.0. The molecule has 190 valence electrons. The van der Waals surface area contributed by atoms with E-state index in [0.29, 0.717) is 32.0 Å². The molecule has 1 atom stereocenters. The third-order valence-corrected chi connectivity index (χ3v) is 8.16. The number of hydrogen-bond acceptors (Lipinski definition) is 7. The number of carbonyl (C=O) groups is 1. The average Bonchev–Trinajstić information content (AvgIpc) is 3.39. The molecule has 3 aromatic heterocycles. The van der Waals surface area contributed by atoms with Crippen LogP contribution in [0.3, 0.4) is 0 Å². The maximum Gasteiger partial charge on any atom is 0.407 e. The molecular weight excluding hydrogens is 476 g/mol. The smallest absolute Gasteiger partial charge is 0.407 e. The van der Waals surface area contributed by atoms with Crippen molar-refractivity contribution >= 4 is 38.9 Å². The van der Waals surface area contributed by atoms with E-state index in [4.69, 9.17) is 10.5 Å². The van der Waals surface area contributed by atoms with Gasteiger partial charge in [-0.3, -0.25) is 4.90 Å². The third kappa shape index (κ3) is 4.24. The lowest BCUT2D eigenvalue weighted by Crippen LogP contribution is -2.59. The molecule has 0 saturated carbocycles. The monoisotopic (exact) mass is 508 g/mol. The van der Waals surface area contributed by atoms with Gasteiger partial charge in [0.05, 0.1) is 17.9 Å². The largest absolute Gasteiger partial charge is 0.495 e. The molecule has 1 saturated heterocycles. The fourth-order valence-electron chi connectivity index (χ4n) is 5.21. The maximum atomic E-state index is 11.9. The fourth-order valence-corrected chi connectivity index (χ4v) is 6.43. The van der Waals surface area contributed by atoms with Crippen molar-refractivity contribution in [2.75, 3.05) is 32.5 Å². The molecule has 0 spiro atoms. The number of nitrogens with zero attached hydrogens (tertiary/aromatic N) is 5. The second-order valence-corrected chi connectivity index (χ2v) is 11.6. The molecule has 0 bridgehead atoms. The van der Waals surface area contributed by atoms with Crippen LogP contribution in [-0.2, 0) is 6.54 Å². The lowest BCUT2D eigenvalue weighted by atomic mass is 9.84. The van der Waals surface area contributed by atoms with Gasteiger partial charge in [0.1, 0.15) is 17.6 Å². The van der Waals surface area contributed by atoms with Gasteiger partial charge in [0, 0.05) is 42.8 Å². The van der Waals surface area contributed by atoms with Crippen molar-refractivity contribution in [2.24, 2.45) is 5.41 Å². The summed E-state index contributed by atoms with van der Waals surface area (Å²) < 4.78 is 8.56. The summed E-state index contributed by atoms with van der Waals surface area (Å²) in [5, 5.41) is 15.3. The van der Waals surface area contributed by atoms with Gasteiger partial charge in [-0.05, 0) is 41.0 Å². The average molecular weight is 509 g/mol. The summed E-state index contributed by atoms with van der Waals surface area (Å²) in [4.78, 5) is 21.2. The van der Waals surface area contributed by atoms with Crippen molar-refractivity contribution in [3.8, 4) is 16.2 Å². The van der Waals surface area contributed by atoms with Gasteiger partial charge in [-0.15, -0.1) is 11.3 Å². The molecule has 0 aliphatic carbocycles. The predicted octanol–water partition coefficient (Wildman–Crippen LogP) is 4.72. The Hall–Kier alpha value is -3.37. The van der Waals surface area contributed by atoms with Gasteiger partial charge in [-0.2, -0.15) is 5.10 Å². The van der Waals surface area contributed by atoms with Crippen molar-refractivity contribution in [2.45, 2.75) is 40.3 Å². The van der Waals surface area contributed by atoms with E-state index in [-0.39, 0.29) is 11.5 Å². The summed E-state index contributed by atoms with van der Waals surface area (Å²) in [6.07, 6.45) is 2.63. The van der Waals surface area contributed by atoms with Crippen molar-refractivity contribution in [1.82, 2.24) is 24.4 Å². The fraction of sp³-hybridized carbons (Fsp3) is 0.423. The van der Waals surface area contributed by atoms with E-state index in [1.807, 2.05) is 12.3 Å². The van der Waals surface area contributed by atoms with Crippen LogP contribution >= 0.6 is 11.3 Å². The minimum Gasteiger partial charge on any atom is -0.495 e. The van der Waals surface area contributed by atoms with Crippen LogP contribution in [0.25, 0.3) is 26.0 Å². The number of piperazine rings is 1. The van der Waals surface area contributed by atoms with Gasteiger partial charge < -0.3 is 20.5 Å². The molecule has 1 aromatic carbocycles. The van der Waals surface area contributed by atoms with E-state index in [9.17, 15) is 9.90 Å². The zero-order chi connectivity index (χ0) is 25.8. The molecule has 36 heavy (non-hydrogen) atoms. The minimum absolute atomic E-state index is 0.106. The molecule has 1 unspecified atom stereocenters. The Balaban J connectivity index is 1.59. The third-order valence-electron chi connectivity index (χ3n) is 6.98. The van der Waals surface area contributed by atoms with Crippen LogP contribution in [0.15, 0.2) is 30.7 Å². The number of rotatable bonds is 4. The Morgan fingerprint density at radius 1 is 1.28 bits per heavy atom. The summed E-state index contributed by atoms with van der Waals surface area (Å²) in [5.41, 5.74) is 10.2. The normalized spacial score (nSPS) is 17.2. The second-order valence-electron chi connectivity index (χ2n) is 10.6. The summed E-state index contributed by atoms with van der Waals surface area (Å²) in [6.45, 7) is 10.8. The topological polar surface area (TPSA) is 109 Å². The Morgan fingerprint density at radius 3 is 2.75 bits per heavy atom. The zero-order valence-corrected chi connectivity index (χ0v) is 22.1. The van der Waals surface area contributed by atoms with Gasteiger partial charge in [0.2, 0.25) is 0 Å². The van der Waals surface area contributed by atoms with E-state index in [0.717, 1.165) is 42.9 Å². The second kappa shape index (κ2) is 8.94. The highest BCUT2D eigenvalue weighted by molar-refractivity contribution is 7.22. The molecule has 5 rings (SSSR count).